The van der Waals surface area contributed by atoms with Crippen molar-refractivity contribution < 1.29 is 0 Å². The maximum absolute atomic E-state index is 6.13. The lowest BCUT2D eigenvalue weighted by molar-refractivity contribution is 0.555. The van der Waals surface area contributed by atoms with Gasteiger partial charge < -0.3 is 5.32 Å². The molecule has 0 aromatic heterocycles. The highest BCUT2D eigenvalue weighted by molar-refractivity contribution is 6.35. The Morgan fingerprint density at radius 3 is 2.38 bits per heavy atom. The van der Waals surface area contributed by atoms with Crippen LogP contribution in [0.2, 0.25) is 10.0 Å². The van der Waals surface area contributed by atoms with Crippen LogP contribution >= 0.6 is 23.2 Å². The van der Waals surface area contributed by atoms with Crippen LogP contribution in [-0.4, -0.2) is 13.1 Å². The highest BCUT2D eigenvalue weighted by atomic mass is 35.5. The molecule has 0 bridgehead atoms. The number of hydrogen-bond donors (Lipinski definition) is 1. The Kier molecular flexibility index (Phi) is 5.33. The Labute approximate surface area is 107 Å². The minimum Gasteiger partial charge on any atom is -0.316 e. The van der Waals surface area contributed by atoms with E-state index in [1.165, 1.54) is 0 Å². The van der Waals surface area contributed by atoms with Crippen LogP contribution in [0, 0.1) is 0 Å². The van der Waals surface area contributed by atoms with Gasteiger partial charge >= 0.3 is 0 Å². The molecule has 0 aliphatic carbocycles. The molecule has 0 spiro atoms. The summed E-state index contributed by atoms with van der Waals surface area (Å²) in [7, 11) is 1.94. The number of hydrogen-bond acceptors (Lipinski definition) is 1. The van der Waals surface area contributed by atoms with Gasteiger partial charge in [-0.05, 0) is 44.5 Å². The van der Waals surface area contributed by atoms with Crippen LogP contribution < -0.4 is 5.32 Å². The number of nitrogens with one attached hydrogen (secondary N) is 1. The van der Waals surface area contributed by atoms with E-state index >= 15 is 0 Å². The zero-order chi connectivity index (χ0) is 12.1. The van der Waals surface area contributed by atoms with Gasteiger partial charge in [0.25, 0.3) is 0 Å². The van der Waals surface area contributed by atoms with Crippen LogP contribution in [0.3, 0.4) is 0 Å². The van der Waals surface area contributed by atoms with Gasteiger partial charge in [0.2, 0.25) is 0 Å². The van der Waals surface area contributed by atoms with Gasteiger partial charge in [0.1, 0.15) is 0 Å². The van der Waals surface area contributed by atoms with E-state index < -0.39 is 0 Å². The molecule has 1 N–H and O–H groups in total. The highest BCUT2D eigenvalue weighted by Crippen LogP contribution is 2.26. The second-order valence-corrected chi connectivity index (χ2v) is 4.87. The van der Waals surface area contributed by atoms with Gasteiger partial charge in [0.15, 0.2) is 0 Å². The van der Waals surface area contributed by atoms with E-state index in [1.54, 1.807) is 0 Å². The summed E-state index contributed by atoms with van der Waals surface area (Å²) in [6.45, 7) is 5.95. The van der Waals surface area contributed by atoms with Crippen molar-refractivity contribution in [1.82, 2.24) is 5.32 Å². The molecule has 0 heterocycles. The fourth-order valence-corrected chi connectivity index (χ4v) is 2.22. The molecule has 1 aromatic carbocycles. The predicted octanol–water partition coefficient (Wildman–Crippen LogP) is 4.09. The van der Waals surface area contributed by atoms with Crippen LogP contribution in [0.25, 0.3) is 0 Å². The van der Waals surface area contributed by atoms with Crippen LogP contribution in [0.5, 0.6) is 0 Å². The molecule has 0 fully saturated rings. The molecule has 0 saturated heterocycles. The molecule has 0 amide bonds. The van der Waals surface area contributed by atoms with Gasteiger partial charge in [-0.1, -0.05) is 34.8 Å². The first-order valence-corrected chi connectivity index (χ1v) is 6.04. The van der Waals surface area contributed by atoms with E-state index in [4.69, 9.17) is 23.2 Å². The average molecular weight is 258 g/mol. The Hall–Kier alpha value is -0.500. The molecule has 1 nitrogen and oxygen atoms in total. The SMILES string of the molecule is C=C(C)CC(Cc1c(Cl)cccc1Cl)NC. The second-order valence-electron chi connectivity index (χ2n) is 4.05. The quantitative estimate of drug-likeness (QED) is 0.784. The van der Waals surface area contributed by atoms with E-state index in [-0.39, 0.29) is 0 Å². The summed E-state index contributed by atoms with van der Waals surface area (Å²) in [5, 5.41) is 4.72. The normalized spacial score (nSPS) is 12.5. The fraction of sp³-hybridized carbons (Fsp3) is 0.385. The molecule has 1 atom stereocenters. The summed E-state index contributed by atoms with van der Waals surface area (Å²) in [5.41, 5.74) is 2.16. The monoisotopic (exact) mass is 257 g/mol. The third kappa shape index (κ3) is 3.82. The smallest absolute Gasteiger partial charge is 0.0453 e. The largest absolute Gasteiger partial charge is 0.316 e. The standard InChI is InChI=1S/C13H17Cl2N/c1-9(2)7-10(16-3)8-11-12(14)5-4-6-13(11)15/h4-6,10,16H,1,7-8H2,2-3H3. The minimum absolute atomic E-state index is 0.329. The molecule has 1 aromatic rings. The molecule has 0 aliphatic heterocycles. The topological polar surface area (TPSA) is 12.0 Å². The fourth-order valence-electron chi connectivity index (χ4n) is 1.67. The predicted molar refractivity (Wildman–Crippen MR) is 72.4 cm³/mol. The molecule has 0 aliphatic rings. The minimum atomic E-state index is 0.329. The lowest BCUT2D eigenvalue weighted by Gasteiger charge is -2.17. The first kappa shape index (κ1) is 13.6. The van der Waals surface area contributed by atoms with E-state index in [2.05, 4.69) is 11.9 Å². The maximum Gasteiger partial charge on any atom is 0.0453 e. The van der Waals surface area contributed by atoms with Crippen molar-refractivity contribution in [3.8, 4) is 0 Å². The Balaban J connectivity index is 2.81. The summed E-state index contributed by atoms with van der Waals surface area (Å²) >= 11 is 12.3. The van der Waals surface area contributed by atoms with E-state index in [1.807, 2.05) is 32.2 Å². The molecule has 88 valence electrons. The lowest BCUT2D eigenvalue weighted by atomic mass is 10.0. The summed E-state index contributed by atoms with van der Waals surface area (Å²) in [6, 6.07) is 5.93. The highest BCUT2D eigenvalue weighted by Gasteiger charge is 2.12. The maximum atomic E-state index is 6.13. The zero-order valence-corrected chi connectivity index (χ0v) is 11.2. The summed E-state index contributed by atoms with van der Waals surface area (Å²) in [4.78, 5) is 0. The van der Waals surface area contributed by atoms with Crippen molar-refractivity contribution >= 4 is 23.2 Å². The van der Waals surface area contributed by atoms with Gasteiger partial charge in [0.05, 0.1) is 0 Å². The lowest BCUT2D eigenvalue weighted by Crippen LogP contribution is -2.28. The second kappa shape index (κ2) is 6.29. The summed E-state index contributed by atoms with van der Waals surface area (Å²) in [6.07, 6.45) is 1.75. The van der Waals surface area contributed by atoms with Gasteiger partial charge in [0, 0.05) is 16.1 Å². The Morgan fingerprint density at radius 1 is 1.38 bits per heavy atom. The molecule has 16 heavy (non-hydrogen) atoms. The van der Waals surface area contributed by atoms with Crippen LogP contribution in [0.1, 0.15) is 18.9 Å². The molecule has 0 saturated carbocycles. The van der Waals surface area contributed by atoms with Gasteiger partial charge in [-0.2, -0.15) is 0 Å². The third-order valence-electron chi connectivity index (χ3n) is 2.52. The van der Waals surface area contributed by atoms with Crippen LogP contribution in [-0.2, 0) is 6.42 Å². The molecular weight excluding hydrogens is 241 g/mol. The molecule has 1 unspecified atom stereocenters. The molecule has 0 radical (unpaired) electrons. The number of benzene rings is 1. The van der Waals surface area contributed by atoms with E-state index in [0.29, 0.717) is 6.04 Å². The first-order valence-electron chi connectivity index (χ1n) is 5.29. The molecular formula is C13H17Cl2N. The number of likely N-dealkylation sites (N-methyl/N-ethyl adjacent to an activating group) is 1. The number of halogens is 2. The van der Waals surface area contributed by atoms with Gasteiger partial charge in [-0.15, -0.1) is 6.58 Å². The van der Waals surface area contributed by atoms with Crippen molar-refractivity contribution in [2.75, 3.05) is 7.05 Å². The molecule has 1 rings (SSSR count). The summed E-state index contributed by atoms with van der Waals surface area (Å²) in [5.74, 6) is 0. The average Bonchev–Trinajstić information content (AvgIpc) is 2.21. The van der Waals surface area contributed by atoms with Crippen molar-refractivity contribution in [3.05, 3.63) is 46.0 Å². The van der Waals surface area contributed by atoms with E-state index in [0.717, 1.165) is 34.0 Å². The molecule has 3 heteroatoms. The third-order valence-corrected chi connectivity index (χ3v) is 3.22. The van der Waals surface area contributed by atoms with Crippen molar-refractivity contribution in [1.29, 1.82) is 0 Å². The first-order chi connectivity index (χ1) is 7.54. The van der Waals surface area contributed by atoms with Crippen molar-refractivity contribution in [2.24, 2.45) is 0 Å². The number of rotatable bonds is 5. The van der Waals surface area contributed by atoms with E-state index in [9.17, 15) is 0 Å². The van der Waals surface area contributed by atoms with Crippen LogP contribution in [0.4, 0.5) is 0 Å². The van der Waals surface area contributed by atoms with Gasteiger partial charge in [-0.3, -0.25) is 0 Å². The Morgan fingerprint density at radius 2 is 1.94 bits per heavy atom. The Bertz CT molecular complexity index is 354. The van der Waals surface area contributed by atoms with Crippen molar-refractivity contribution in [3.63, 3.8) is 0 Å². The van der Waals surface area contributed by atoms with Gasteiger partial charge in [-0.25, -0.2) is 0 Å². The zero-order valence-electron chi connectivity index (χ0n) is 9.69. The van der Waals surface area contributed by atoms with Crippen molar-refractivity contribution in [2.45, 2.75) is 25.8 Å². The van der Waals surface area contributed by atoms with Crippen LogP contribution in [0.15, 0.2) is 30.4 Å². The summed E-state index contributed by atoms with van der Waals surface area (Å²) < 4.78 is 0.